The van der Waals surface area contributed by atoms with Crippen molar-refractivity contribution < 1.29 is 18.7 Å². The van der Waals surface area contributed by atoms with Crippen molar-refractivity contribution in [1.29, 1.82) is 0 Å². The molecule has 1 saturated heterocycles. The third kappa shape index (κ3) is 4.56. The van der Waals surface area contributed by atoms with Crippen LogP contribution < -0.4 is 0 Å². The number of thiophene rings is 1. The summed E-state index contributed by atoms with van der Waals surface area (Å²) in [7, 11) is 0. The minimum atomic E-state index is -0.498. The monoisotopic (exact) mass is 511 g/mol. The fourth-order valence-electron chi connectivity index (χ4n) is 4.42. The topological polar surface area (TPSA) is 64.4 Å². The number of hydrogen-bond donors (Lipinski definition) is 0. The number of ether oxygens (including phenoxy) is 1. The normalized spacial score (nSPS) is 14.4. The fraction of sp³-hybridized carbons (Fsp3) is 0.269. The van der Waals surface area contributed by atoms with Crippen molar-refractivity contribution in [2.24, 2.45) is 0 Å². The van der Waals surface area contributed by atoms with Crippen LogP contribution in [0.15, 0.2) is 54.6 Å². The molecule has 35 heavy (non-hydrogen) atoms. The van der Waals surface area contributed by atoms with E-state index in [0.717, 1.165) is 15.6 Å². The number of carbonyl (C=O) groups is 2. The Morgan fingerprint density at radius 1 is 1.14 bits per heavy atom. The van der Waals surface area contributed by atoms with Gasteiger partial charge in [-0.3, -0.25) is 9.48 Å². The number of nitrogens with zero attached hydrogens (tertiary/aromatic N) is 3. The van der Waals surface area contributed by atoms with E-state index in [2.05, 4.69) is 5.10 Å². The van der Waals surface area contributed by atoms with Crippen molar-refractivity contribution in [2.45, 2.75) is 25.8 Å². The second-order valence-electron chi connectivity index (χ2n) is 8.35. The van der Waals surface area contributed by atoms with E-state index in [1.54, 1.807) is 25.1 Å². The van der Waals surface area contributed by atoms with E-state index >= 15 is 0 Å². The molecule has 9 heteroatoms. The maximum atomic E-state index is 13.5. The number of piperidine rings is 1. The SMILES string of the molecule is CCOC(=O)c1cc(-c2ccc(F)cc2)n(C2CCN(C(=O)c3sc4ccccc4c3Cl)CC2)n1. The zero-order chi connectivity index (χ0) is 24.5. The van der Waals surface area contributed by atoms with Crippen molar-refractivity contribution in [3.8, 4) is 11.3 Å². The number of likely N-dealkylation sites (tertiary alicyclic amines) is 1. The maximum absolute atomic E-state index is 13.5. The number of rotatable bonds is 5. The van der Waals surface area contributed by atoms with Crippen molar-refractivity contribution in [3.05, 3.63) is 76.0 Å². The summed E-state index contributed by atoms with van der Waals surface area (Å²) in [6.45, 7) is 3.06. The van der Waals surface area contributed by atoms with E-state index in [-0.39, 0.29) is 30.1 Å². The second-order valence-corrected chi connectivity index (χ2v) is 9.78. The number of hydrogen-bond acceptors (Lipinski definition) is 5. The molecule has 1 fully saturated rings. The Bertz CT molecular complexity index is 1390. The van der Waals surface area contributed by atoms with Gasteiger partial charge in [0, 0.05) is 28.7 Å². The number of aromatic nitrogens is 2. The quantitative estimate of drug-likeness (QED) is 0.299. The first kappa shape index (κ1) is 23.5. The number of carbonyl (C=O) groups excluding carboxylic acids is 2. The van der Waals surface area contributed by atoms with Crippen LogP contribution in [0, 0.1) is 5.82 Å². The molecule has 1 aliphatic heterocycles. The highest BCUT2D eigenvalue weighted by atomic mass is 35.5. The lowest BCUT2D eigenvalue weighted by Crippen LogP contribution is -2.39. The largest absolute Gasteiger partial charge is 0.461 e. The van der Waals surface area contributed by atoms with Gasteiger partial charge in [0.05, 0.1) is 23.4 Å². The highest BCUT2D eigenvalue weighted by Gasteiger charge is 2.30. The molecule has 0 aliphatic carbocycles. The van der Waals surface area contributed by atoms with Gasteiger partial charge in [-0.1, -0.05) is 29.8 Å². The molecular formula is C26H23ClFN3O3S. The number of fused-ring (bicyclic) bond motifs is 1. The summed E-state index contributed by atoms with van der Waals surface area (Å²) in [5, 5.41) is 5.94. The molecule has 3 heterocycles. The lowest BCUT2D eigenvalue weighted by molar-refractivity contribution is 0.0517. The molecule has 2 aromatic heterocycles. The Balaban J connectivity index is 1.38. The average Bonchev–Trinajstić information content (AvgIpc) is 3.47. The van der Waals surface area contributed by atoms with Crippen LogP contribution in [0.3, 0.4) is 0 Å². The van der Waals surface area contributed by atoms with Gasteiger partial charge in [-0.25, -0.2) is 9.18 Å². The smallest absolute Gasteiger partial charge is 0.358 e. The van der Waals surface area contributed by atoms with Gasteiger partial charge in [-0.15, -0.1) is 11.3 Å². The Labute approximate surface area is 210 Å². The van der Waals surface area contributed by atoms with Gasteiger partial charge >= 0.3 is 5.97 Å². The molecule has 0 bridgehead atoms. The number of benzene rings is 2. The molecule has 0 spiro atoms. The highest BCUT2D eigenvalue weighted by molar-refractivity contribution is 7.21. The van der Waals surface area contributed by atoms with E-state index in [9.17, 15) is 14.0 Å². The van der Waals surface area contributed by atoms with E-state index in [1.165, 1.54) is 23.5 Å². The van der Waals surface area contributed by atoms with Crippen LogP contribution in [-0.2, 0) is 4.74 Å². The zero-order valence-electron chi connectivity index (χ0n) is 19.0. The van der Waals surface area contributed by atoms with Crippen molar-refractivity contribution in [3.63, 3.8) is 0 Å². The van der Waals surface area contributed by atoms with Crippen LogP contribution in [0.4, 0.5) is 4.39 Å². The maximum Gasteiger partial charge on any atom is 0.358 e. The predicted molar refractivity (Wildman–Crippen MR) is 135 cm³/mol. The minimum absolute atomic E-state index is 0.0276. The third-order valence-electron chi connectivity index (χ3n) is 6.19. The van der Waals surface area contributed by atoms with E-state index in [1.807, 2.05) is 33.8 Å². The molecule has 0 radical (unpaired) electrons. The van der Waals surface area contributed by atoms with Gasteiger partial charge in [0.15, 0.2) is 5.69 Å². The van der Waals surface area contributed by atoms with Crippen LogP contribution in [-0.4, -0.2) is 46.3 Å². The van der Waals surface area contributed by atoms with Gasteiger partial charge in [0.2, 0.25) is 0 Å². The van der Waals surface area contributed by atoms with Crippen LogP contribution in [0.2, 0.25) is 5.02 Å². The Morgan fingerprint density at radius 2 is 1.86 bits per heavy atom. The molecular weight excluding hydrogens is 489 g/mol. The first-order chi connectivity index (χ1) is 17.0. The molecule has 180 valence electrons. The first-order valence-electron chi connectivity index (χ1n) is 11.4. The molecule has 0 unspecified atom stereocenters. The highest BCUT2D eigenvalue weighted by Crippen LogP contribution is 2.37. The van der Waals surface area contributed by atoms with E-state index in [0.29, 0.717) is 41.5 Å². The molecule has 1 aliphatic rings. The van der Waals surface area contributed by atoms with Gasteiger partial charge in [0.1, 0.15) is 10.7 Å². The summed E-state index contributed by atoms with van der Waals surface area (Å²) < 4.78 is 21.4. The van der Waals surface area contributed by atoms with Crippen molar-refractivity contribution >= 4 is 44.9 Å². The van der Waals surface area contributed by atoms with Crippen molar-refractivity contribution in [1.82, 2.24) is 14.7 Å². The second kappa shape index (κ2) is 9.79. The first-order valence-corrected chi connectivity index (χ1v) is 12.6. The molecule has 2 aromatic carbocycles. The average molecular weight is 512 g/mol. The van der Waals surface area contributed by atoms with Gasteiger partial charge < -0.3 is 9.64 Å². The molecule has 0 saturated carbocycles. The number of esters is 1. The summed E-state index contributed by atoms with van der Waals surface area (Å²) in [5.74, 6) is -0.903. The van der Waals surface area contributed by atoms with Crippen LogP contribution in [0.1, 0.15) is 46.0 Å². The summed E-state index contributed by atoms with van der Waals surface area (Å²) in [6, 6.07) is 15.5. The summed E-state index contributed by atoms with van der Waals surface area (Å²) in [6.07, 6.45) is 1.32. The molecule has 5 rings (SSSR count). The summed E-state index contributed by atoms with van der Waals surface area (Å²) >= 11 is 7.94. The Morgan fingerprint density at radius 3 is 2.54 bits per heavy atom. The Hall–Kier alpha value is -3.23. The number of amides is 1. The van der Waals surface area contributed by atoms with E-state index < -0.39 is 5.97 Å². The third-order valence-corrected chi connectivity index (χ3v) is 7.85. The fourth-order valence-corrected chi connectivity index (χ4v) is 5.90. The van der Waals surface area contributed by atoms with Crippen LogP contribution in [0.25, 0.3) is 21.3 Å². The van der Waals surface area contributed by atoms with Crippen LogP contribution in [0.5, 0.6) is 0 Å². The minimum Gasteiger partial charge on any atom is -0.461 e. The summed E-state index contributed by atoms with van der Waals surface area (Å²) in [5.41, 5.74) is 1.68. The summed E-state index contributed by atoms with van der Waals surface area (Å²) in [4.78, 5) is 28.0. The van der Waals surface area contributed by atoms with Crippen LogP contribution >= 0.6 is 22.9 Å². The Kier molecular flexibility index (Phi) is 6.58. The van der Waals surface area contributed by atoms with Gasteiger partial charge in [-0.2, -0.15) is 5.10 Å². The van der Waals surface area contributed by atoms with E-state index in [4.69, 9.17) is 16.3 Å². The standard InChI is InChI=1S/C26H23ClFN3O3S/c1-2-34-26(33)20-15-21(16-7-9-17(28)10-8-16)31(29-20)18-11-13-30(14-12-18)25(32)24-23(27)19-5-3-4-6-22(19)35-24/h3-10,15,18H,2,11-14H2,1H3. The lowest BCUT2D eigenvalue weighted by atomic mass is 10.0. The molecule has 1 amide bonds. The molecule has 4 aromatic rings. The molecule has 0 N–H and O–H groups in total. The van der Waals surface area contributed by atoms with Gasteiger partial charge in [0.25, 0.3) is 5.91 Å². The van der Waals surface area contributed by atoms with Crippen molar-refractivity contribution in [2.75, 3.05) is 19.7 Å². The number of halogens is 2. The molecule has 6 nitrogen and oxygen atoms in total. The predicted octanol–water partition coefficient (Wildman–Crippen LogP) is 6.21. The van der Waals surface area contributed by atoms with Gasteiger partial charge in [-0.05, 0) is 56.2 Å². The molecule has 0 atom stereocenters. The zero-order valence-corrected chi connectivity index (χ0v) is 20.6. The lowest BCUT2D eigenvalue weighted by Gasteiger charge is -2.32.